The summed E-state index contributed by atoms with van der Waals surface area (Å²) >= 11 is 3.44. The molecule has 0 radical (unpaired) electrons. The summed E-state index contributed by atoms with van der Waals surface area (Å²) in [5, 5.41) is 5.36. The highest BCUT2D eigenvalue weighted by Crippen LogP contribution is 2.27. The Kier molecular flexibility index (Phi) is 2.15. The Balaban J connectivity index is 2.92. The zero-order valence-corrected chi connectivity index (χ0v) is 9.50. The lowest BCUT2D eigenvalue weighted by Gasteiger charge is -1.98. The average Bonchev–Trinajstić information content (AvgIpc) is 2.42. The molecule has 1 aromatic heterocycles. The van der Waals surface area contributed by atoms with Gasteiger partial charge >= 0.3 is 0 Å². The average molecular weight is 253 g/mol. The van der Waals surface area contributed by atoms with Crippen LogP contribution in [-0.4, -0.2) is 16.1 Å². The predicted molar refractivity (Wildman–Crippen MR) is 58.5 cm³/mol. The normalized spacial score (nSPS) is 10.8. The van der Waals surface area contributed by atoms with Crippen molar-refractivity contribution in [1.82, 2.24) is 9.78 Å². The van der Waals surface area contributed by atoms with Gasteiger partial charge in [-0.15, -0.1) is 0 Å². The van der Waals surface area contributed by atoms with Gasteiger partial charge in [0.15, 0.2) is 0 Å². The number of carbonyl (C=O) groups excluding carboxylic acids is 1. The van der Waals surface area contributed by atoms with Crippen LogP contribution >= 0.6 is 15.9 Å². The van der Waals surface area contributed by atoms with Gasteiger partial charge < -0.3 is 0 Å². The van der Waals surface area contributed by atoms with E-state index in [1.54, 1.807) is 4.68 Å². The molecule has 0 spiro atoms. The highest BCUT2D eigenvalue weighted by Gasteiger charge is 2.09. The van der Waals surface area contributed by atoms with Crippen LogP contribution in [0.2, 0.25) is 0 Å². The molecule has 0 saturated heterocycles. The van der Waals surface area contributed by atoms with Crippen LogP contribution in [0, 0.1) is 6.92 Å². The van der Waals surface area contributed by atoms with Crippen LogP contribution in [0.15, 0.2) is 16.6 Å². The summed E-state index contributed by atoms with van der Waals surface area (Å²) in [7, 11) is 1.87. The van der Waals surface area contributed by atoms with Gasteiger partial charge in [-0.2, -0.15) is 5.10 Å². The number of hydrogen-bond donors (Lipinski definition) is 0. The molecule has 2 rings (SSSR count). The largest absolute Gasteiger partial charge is 0.298 e. The number of benzene rings is 1. The molecule has 4 heteroatoms. The van der Waals surface area contributed by atoms with Gasteiger partial charge in [-0.25, -0.2) is 0 Å². The summed E-state index contributed by atoms with van der Waals surface area (Å²) in [5.41, 5.74) is 2.60. The summed E-state index contributed by atoms with van der Waals surface area (Å²) in [6.45, 7) is 1.95. The van der Waals surface area contributed by atoms with E-state index in [2.05, 4.69) is 21.0 Å². The topological polar surface area (TPSA) is 34.9 Å². The molecule has 1 heterocycles. The lowest BCUT2D eigenvalue weighted by atomic mass is 10.1. The SMILES string of the molecule is Cc1nn(C)c2cc(C=O)cc(Br)c12. The number of aldehydes is 1. The second-order valence-electron chi connectivity index (χ2n) is 3.22. The van der Waals surface area contributed by atoms with Crippen LogP contribution in [-0.2, 0) is 7.05 Å². The molecular weight excluding hydrogens is 244 g/mol. The van der Waals surface area contributed by atoms with Gasteiger partial charge in [0.05, 0.1) is 11.2 Å². The van der Waals surface area contributed by atoms with Crippen molar-refractivity contribution in [2.75, 3.05) is 0 Å². The molecule has 2 aromatic rings. The first-order valence-electron chi connectivity index (χ1n) is 4.21. The molecule has 0 unspecified atom stereocenters. The summed E-state index contributed by atoms with van der Waals surface area (Å²) in [6, 6.07) is 3.65. The molecule has 3 nitrogen and oxygen atoms in total. The maximum Gasteiger partial charge on any atom is 0.150 e. The molecule has 14 heavy (non-hydrogen) atoms. The Labute approximate surface area is 89.8 Å². The second-order valence-corrected chi connectivity index (χ2v) is 4.08. The first kappa shape index (κ1) is 9.40. The van der Waals surface area contributed by atoms with Crippen LogP contribution in [0.4, 0.5) is 0 Å². The first-order valence-corrected chi connectivity index (χ1v) is 5.01. The Bertz CT molecular complexity index is 516. The van der Waals surface area contributed by atoms with Crippen molar-refractivity contribution in [1.29, 1.82) is 0 Å². The van der Waals surface area contributed by atoms with E-state index in [-0.39, 0.29) is 0 Å². The van der Waals surface area contributed by atoms with Gasteiger partial charge in [0.1, 0.15) is 6.29 Å². The third kappa shape index (κ3) is 1.26. The van der Waals surface area contributed by atoms with E-state index in [9.17, 15) is 4.79 Å². The van der Waals surface area contributed by atoms with E-state index in [0.717, 1.165) is 27.4 Å². The third-order valence-electron chi connectivity index (χ3n) is 2.24. The van der Waals surface area contributed by atoms with Gasteiger partial charge in [-0.3, -0.25) is 9.48 Å². The maximum atomic E-state index is 10.7. The zero-order chi connectivity index (χ0) is 10.3. The van der Waals surface area contributed by atoms with Crippen molar-refractivity contribution >= 4 is 33.1 Å². The van der Waals surface area contributed by atoms with Crippen molar-refractivity contribution in [2.45, 2.75) is 6.92 Å². The van der Waals surface area contributed by atoms with Crippen molar-refractivity contribution in [2.24, 2.45) is 7.05 Å². The lowest BCUT2D eigenvalue weighted by Crippen LogP contribution is -1.90. The summed E-state index contributed by atoms with van der Waals surface area (Å²) in [6.07, 6.45) is 0.840. The maximum absolute atomic E-state index is 10.7. The molecule has 0 saturated carbocycles. The fourth-order valence-corrected chi connectivity index (χ4v) is 2.38. The number of fused-ring (bicyclic) bond motifs is 1. The summed E-state index contributed by atoms with van der Waals surface area (Å²) in [5.74, 6) is 0. The molecular formula is C10H9BrN2O. The number of rotatable bonds is 1. The van der Waals surface area contributed by atoms with E-state index in [4.69, 9.17) is 0 Å². The number of carbonyl (C=O) groups is 1. The monoisotopic (exact) mass is 252 g/mol. The molecule has 0 aliphatic heterocycles. The Morgan fingerprint density at radius 2 is 2.21 bits per heavy atom. The number of aromatic nitrogens is 2. The lowest BCUT2D eigenvalue weighted by molar-refractivity contribution is 0.112. The van der Waals surface area contributed by atoms with Crippen molar-refractivity contribution in [3.63, 3.8) is 0 Å². The van der Waals surface area contributed by atoms with Crippen LogP contribution in [0.1, 0.15) is 16.1 Å². The standard InChI is InChI=1S/C10H9BrN2O/c1-6-10-8(11)3-7(5-14)4-9(10)13(2)12-6/h3-5H,1-2H3. The van der Waals surface area contributed by atoms with Crippen molar-refractivity contribution in [3.05, 3.63) is 27.9 Å². The molecule has 0 N–H and O–H groups in total. The van der Waals surface area contributed by atoms with E-state index in [1.165, 1.54) is 0 Å². The van der Waals surface area contributed by atoms with Gasteiger partial charge in [0.2, 0.25) is 0 Å². The van der Waals surface area contributed by atoms with Crippen molar-refractivity contribution < 1.29 is 4.79 Å². The highest BCUT2D eigenvalue weighted by atomic mass is 79.9. The van der Waals surface area contributed by atoms with Crippen molar-refractivity contribution in [3.8, 4) is 0 Å². The van der Waals surface area contributed by atoms with E-state index < -0.39 is 0 Å². The molecule has 1 aromatic carbocycles. The van der Waals surface area contributed by atoms with Crippen LogP contribution < -0.4 is 0 Å². The third-order valence-corrected chi connectivity index (χ3v) is 2.86. The number of hydrogen-bond acceptors (Lipinski definition) is 2. The quantitative estimate of drug-likeness (QED) is 0.731. The fourth-order valence-electron chi connectivity index (χ4n) is 1.62. The van der Waals surface area contributed by atoms with E-state index in [1.807, 2.05) is 26.1 Å². The van der Waals surface area contributed by atoms with Crippen LogP contribution in [0.5, 0.6) is 0 Å². The number of nitrogens with zero attached hydrogens (tertiary/aromatic N) is 2. The summed E-state index contributed by atoms with van der Waals surface area (Å²) < 4.78 is 2.70. The van der Waals surface area contributed by atoms with Crippen LogP contribution in [0.3, 0.4) is 0 Å². The van der Waals surface area contributed by atoms with E-state index in [0.29, 0.717) is 5.56 Å². The Hall–Kier alpha value is -1.16. The first-order chi connectivity index (χ1) is 6.63. The Morgan fingerprint density at radius 1 is 1.50 bits per heavy atom. The Morgan fingerprint density at radius 3 is 2.86 bits per heavy atom. The van der Waals surface area contributed by atoms with Gasteiger partial charge in [-0.1, -0.05) is 15.9 Å². The number of aryl methyl sites for hydroxylation is 2. The molecule has 0 atom stereocenters. The molecule has 0 aliphatic rings. The van der Waals surface area contributed by atoms with Gasteiger partial charge in [0, 0.05) is 22.5 Å². The van der Waals surface area contributed by atoms with E-state index >= 15 is 0 Å². The molecule has 0 amide bonds. The molecule has 0 aliphatic carbocycles. The van der Waals surface area contributed by atoms with Crippen LogP contribution in [0.25, 0.3) is 10.9 Å². The number of halogens is 1. The van der Waals surface area contributed by atoms with Gasteiger partial charge in [0.25, 0.3) is 0 Å². The minimum absolute atomic E-state index is 0.660. The molecule has 0 fully saturated rings. The predicted octanol–water partition coefficient (Wildman–Crippen LogP) is 2.46. The fraction of sp³-hybridized carbons (Fsp3) is 0.200. The highest BCUT2D eigenvalue weighted by molar-refractivity contribution is 9.10. The molecule has 0 bridgehead atoms. The minimum Gasteiger partial charge on any atom is -0.298 e. The summed E-state index contributed by atoms with van der Waals surface area (Å²) in [4.78, 5) is 10.7. The second kappa shape index (κ2) is 3.20. The van der Waals surface area contributed by atoms with Gasteiger partial charge in [-0.05, 0) is 19.1 Å². The smallest absolute Gasteiger partial charge is 0.150 e. The molecule has 72 valence electrons. The zero-order valence-electron chi connectivity index (χ0n) is 7.91. The minimum atomic E-state index is 0.660.